The molecule has 2 amide bonds. The Hall–Kier alpha value is -5.77. The zero-order valence-corrected chi connectivity index (χ0v) is 27.5. The molecular formula is C38H40N8O2. The molecule has 0 aliphatic heterocycles. The van der Waals surface area contributed by atoms with Crippen LogP contribution in [0.5, 0.6) is 5.75 Å². The highest BCUT2D eigenvalue weighted by Gasteiger charge is 2.15. The maximum atomic E-state index is 13.4. The normalized spacial score (nSPS) is 11.0. The molecule has 0 unspecified atom stereocenters. The Bertz CT molecular complexity index is 2000. The smallest absolute Gasteiger partial charge is 0.324 e. The number of amides is 2. The van der Waals surface area contributed by atoms with Gasteiger partial charge >= 0.3 is 6.03 Å². The van der Waals surface area contributed by atoms with Crippen LogP contribution < -0.4 is 20.7 Å². The van der Waals surface area contributed by atoms with E-state index in [0.29, 0.717) is 35.5 Å². The monoisotopic (exact) mass is 640 g/mol. The van der Waals surface area contributed by atoms with Crippen LogP contribution in [0.15, 0.2) is 97.5 Å². The van der Waals surface area contributed by atoms with E-state index in [1.54, 1.807) is 23.3 Å². The van der Waals surface area contributed by atoms with Gasteiger partial charge in [-0.15, -0.1) is 0 Å². The number of ether oxygens (including phenoxy) is 1. The average molecular weight is 641 g/mol. The fraction of sp³-hybridized carbons (Fsp3) is 0.237. The van der Waals surface area contributed by atoms with Crippen molar-refractivity contribution in [1.82, 2.24) is 24.7 Å². The molecule has 6 rings (SSSR count). The van der Waals surface area contributed by atoms with Gasteiger partial charge in [-0.1, -0.05) is 63.6 Å². The molecule has 0 fully saturated rings. The van der Waals surface area contributed by atoms with Gasteiger partial charge in [0.2, 0.25) is 0 Å². The summed E-state index contributed by atoms with van der Waals surface area (Å²) >= 11 is 0. The van der Waals surface area contributed by atoms with E-state index in [1.807, 2.05) is 73.7 Å². The first-order valence-electron chi connectivity index (χ1n) is 16.5. The third-order valence-electron chi connectivity index (χ3n) is 8.03. The Labute approximate surface area is 280 Å². The van der Waals surface area contributed by atoms with Gasteiger partial charge in [-0.05, 0) is 73.2 Å². The molecule has 3 heterocycles. The fourth-order valence-corrected chi connectivity index (χ4v) is 5.41. The Morgan fingerprint density at radius 3 is 2.44 bits per heavy atom. The molecule has 3 aromatic heterocycles. The number of fused-ring (bicyclic) bond motifs is 1. The molecule has 0 bridgehead atoms. The first-order chi connectivity index (χ1) is 23.5. The van der Waals surface area contributed by atoms with Crippen LogP contribution in [0.3, 0.4) is 0 Å². The maximum absolute atomic E-state index is 13.4. The molecule has 244 valence electrons. The Morgan fingerprint density at radius 1 is 0.812 bits per heavy atom. The van der Waals surface area contributed by atoms with E-state index < -0.39 is 0 Å². The molecule has 3 aromatic carbocycles. The van der Waals surface area contributed by atoms with E-state index in [0.717, 1.165) is 65.5 Å². The minimum Gasteiger partial charge on any atom is -0.488 e. The van der Waals surface area contributed by atoms with E-state index >= 15 is 0 Å². The molecule has 0 atom stereocenters. The van der Waals surface area contributed by atoms with Crippen LogP contribution >= 0.6 is 0 Å². The highest BCUT2D eigenvalue weighted by Crippen LogP contribution is 2.32. The number of urea groups is 1. The minimum atomic E-state index is -0.354. The second kappa shape index (κ2) is 15.2. The third-order valence-corrected chi connectivity index (χ3v) is 8.03. The quantitative estimate of drug-likeness (QED) is 0.116. The van der Waals surface area contributed by atoms with Crippen molar-refractivity contribution in [1.29, 1.82) is 0 Å². The van der Waals surface area contributed by atoms with Gasteiger partial charge in [-0.25, -0.2) is 19.4 Å². The Kier molecular flexibility index (Phi) is 10.2. The van der Waals surface area contributed by atoms with Gasteiger partial charge in [0.1, 0.15) is 29.8 Å². The number of pyridine rings is 1. The van der Waals surface area contributed by atoms with Gasteiger partial charge in [-0.2, -0.15) is 5.10 Å². The summed E-state index contributed by atoms with van der Waals surface area (Å²) in [5.74, 6) is 2.62. The SMILES string of the molecule is CCCCc1cc(NC(=O)Nc2ccc(OCc3ccnc(Nc4cncc(CC)n4)c3)c3ccccc23)n(-c2ccc(CC)cc2)n1. The van der Waals surface area contributed by atoms with E-state index in [-0.39, 0.29) is 6.03 Å². The largest absolute Gasteiger partial charge is 0.488 e. The number of aryl methyl sites for hydroxylation is 3. The van der Waals surface area contributed by atoms with Crippen molar-refractivity contribution in [2.75, 3.05) is 16.0 Å². The van der Waals surface area contributed by atoms with Gasteiger partial charge in [0, 0.05) is 29.2 Å². The number of carbonyl (C=O) groups excluding carboxylic acids is 1. The summed E-state index contributed by atoms with van der Waals surface area (Å²) in [5.41, 5.74) is 5.60. The lowest BCUT2D eigenvalue weighted by Gasteiger charge is -2.15. The zero-order valence-electron chi connectivity index (χ0n) is 27.5. The third kappa shape index (κ3) is 7.78. The molecule has 6 aromatic rings. The first-order valence-corrected chi connectivity index (χ1v) is 16.5. The number of hydrogen-bond donors (Lipinski definition) is 3. The summed E-state index contributed by atoms with van der Waals surface area (Å²) in [6, 6.07) is 25.3. The predicted molar refractivity (Wildman–Crippen MR) is 191 cm³/mol. The summed E-state index contributed by atoms with van der Waals surface area (Å²) in [6.07, 6.45) is 9.87. The number of anilines is 4. The molecule has 48 heavy (non-hydrogen) atoms. The molecular weight excluding hydrogens is 600 g/mol. The van der Waals surface area contributed by atoms with E-state index in [2.05, 4.69) is 56.9 Å². The molecule has 0 radical (unpaired) electrons. The van der Waals surface area contributed by atoms with Gasteiger partial charge < -0.3 is 15.4 Å². The second-order valence-corrected chi connectivity index (χ2v) is 11.5. The number of unbranched alkanes of at least 4 members (excludes halogenated alkanes) is 1. The summed E-state index contributed by atoms with van der Waals surface area (Å²) in [4.78, 5) is 26.6. The van der Waals surface area contributed by atoms with Crippen molar-refractivity contribution in [3.8, 4) is 11.4 Å². The number of nitrogens with one attached hydrogen (secondary N) is 3. The van der Waals surface area contributed by atoms with Crippen molar-refractivity contribution >= 4 is 39.9 Å². The number of aromatic nitrogens is 5. The van der Waals surface area contributed by atoms with Crippen LogP contribution in [-0.4, -0.2) is 30.8 Å². The van der Waals surface area contributed by atoms with Crippen molar-refractivity contribution in [2.45, 2.75) is 59.5 Å². The Morgan fingerprint density at radius 2 is 1.65 bits per heavy atom. The molecule has 10 nitrogen and oxygen atoms in total. The number of rotatable bonds is 13. The number of carbonyl (C=O) groups is 1. The van der Waals surface area contributed by atoms with E-state index in [9.17, 15) is 4.79 Å². The summed E-state index contributed by atoms with van der Waals surface area (Å²) < 4.78 is 8.10. The molecule has 3 N–H and O–H groups in total. The molecule has 0 aliphatic carbocycles. The number of benzene rings is 3. The van der Waals surface area contributed by atoms with Crippen molar-refractivity contribution in [3.05, 3.63) is 120 Å². The van der Waals surface area contributed by atoms with E-state index in [1.165, 1.54) is 5.56 Å². The highest BCUT2D eigenvalue weighted by molar-refractivity contribution is 6.07. The maximum Gasteiger partial charge on any atom is 0.324 e. The Balaban J connectivity index is 1.16. The van der Waals surface area contributed by atoms with Crippen LogP contribution in [-0.2, 0) is 25.9 Å². The summed E-state index contributed by atoms with van der Waals surface area (Å²) in [6.45, 7) is 6.66. The van der Waals surface area contributed by atoms with Crippen LogP contribution in [0.2, 0.25) is 0 Å². The summed E-state index contributed by atoms with van der Waals surface area (Å²) in [7, 11) is 0. The molecule has 0 aliphatic rings. The predicted octanol–water partition coefficient (Wildman–Crippen LogP) is 8.64. The van der Waals surface area contributed by atoms with Crippen LogP contribution in [0.1, 0.15) is 56.1 Å². The van der Waals surface area contributed by atoms with Crippen molar-refractivity contribution in [2.24, 2.45) is 0 Å². The minimum absolute atomic E-state index is 0.332. The lowest BCUT2D eigenvalue weighted by molar-refractivity contribution is 0.262. The molecule has 0 saturated heterocycles. The van der Waals surface area contributed by atoms with Crippen molar-refractivity contribution in [3.63, 3.8) is 0 Å². The van der Waals surface area contributed by atoms with Crippen LogP contribution in [0.25, 0.3) is 16.5 Å². The van der Waals surface area contributed by atoms with Crippen molar-refractivity contribution < 1.29 is 9.53 Å². The van der Waals surface area contributed by atoms with Gasteiger partial charge in [0.25, 0.3) is 0 Å². The topological polar surface area (TPSA) is 119 Å². The lowest BCUT2D eigenvalue weighted by atomic mass is 10.1. The second-order valence-electron chi connectivity index (χ2n) is 11.5. The first kappa shape index (κ1) is 32.2. The van der Waals surface area contributed by atoms with Gasteiger partial charge in [-0.3, -0.25) is 10.3 Å². The highest BCUT2D eigenvalue weighted by atomic mass is 16.5. The van der Waals surface area contributed by atoms with Crippen LogP contribution in [0, 0.1) is 0 Å². The van der Waals surface area contributed by atoms with Crippen LogP contribution in [0.4, 0.5) is 27.9 Å². The average Bonchev–Trinajstić information content (AvgIpc) is 3.52. The summed E-state index contributed by atoms with van der Waals surface area (Å²) in [5, 5.41) is 15.9. The molecule has 10 heteroatoms. The number of nitrogens with zero attached hydrogens (tertiary/aromatic N) is 5. The van der Waals surface area contributed by atoms with E-state index in [4.69, 9.17) is 9.84 Å². The lowest BCUT2D eigenvalue weighted by Crippen LogP contribution is -2.21. The van der Waals surface area contributed by atoms with Gasteiger partial charge in [0.05, 0.1) is 29.0 Å². The number of hydrogen-bond acceptors (Lipinski definition) is 7. The fourth-order valence-electron chi connectivity index (χ4n) is 5.41. The van der Waals surface area contributed by atoms with Gasteiger partial charge in [0.15, 0.2) is 0 Å². The standard InChI is InChI=1S/C38H40N8O2/c1-4-7-10-29-22-37(46(45-29)30-15-13-26(5-2)14-16-30)44-38(47)42-33-17-18-34(32-12-9-8-11-31(32)33)48-25-27-19-20-40-35(21-27)43-36-24-39-23-28(6-3)41-36/h8-9,11-24H,4-7,10,25H2,1-3H3,(H,40,41,43)(H2,42,44,47). The molecule has 0 spiro atoms. The molecule has 0 saturated carbocycles. The zero-order chi connectivity index (χ0) is 33.3.